The normalized spacial score (nSPS) is 20.7. The number of fused-ring (bicyclic) bond motifs is 3. The molecule has 0 aliphatic carbocycles. The molecule has 2 nitrogen and oxygen atoms in total. The van der Waals surface area contributed by atoms with Gasteiger partial charge in [-0.1, -0.05) is 187 Å². The predicted molar refractivity (Wildman–Crippen MR) is 263 cm³/mol. The SMILES string of the molecule is [2H]c1c([2H])c([2H])c(-c2c([2H])c([2H])c(N(c3c([2H])c([2H])c(-c4c([2H])c([2H])c([2H])c(-c5c([2H])c([2H])c([2H])c([2H])c5[2H])c4[2H])c([2H])c3[2H])c3c([2H])c([2H])c(-c4c([2H])c([2H])c5c(c4[2H])c4c([2H])c([2H])c([2H])c([2H])c4n5-c4c([2H])c([2H])c([2H])c([2H])c4-c4c([2H])c([2H])c([2H])c([2H])c4[2H])c([2H])c3[2H])c([2H])c2[2H])c([2H])c1[2H]. The van der Waals surface area contributed by atoms with Gasteiger partial charge in [0.1, 0.15) is 0 Å². The lowest BCUT2D eigenvalue weighted by atomic mass is 9.98. The van der Waals surface area contributed by atoms with Gasteiger partial charge in [-0.05, 0) is 117 Å². The molecular formula is C60H42N2. The summed E-state index contributed by atoms with van der Waals surface area (Å²) in [5, 5.41) is -1.64. The van der Waals surface area contributed by atoms with Crippen molar-refractivity contribution in [2.24, 2.45) is 0 Å². The molecule has 10 aromatic carbocycles. The Balaban J connectivity index is 1.28. The van der Waals surface area contributed by atoms with Gasteiger partial charge in [-0.2, -0.15) is 0 Å². The van der Waals surface area contributed by atoms with Crippen molar-refractivity contribution in [1.82, 2.24) is 4.57 Å². The van der Waals surface area contributed by atoms with Crippen LogP contribution in [-0.2, 0) is 0 Å². The largest absolute Gasteiger partial charge is 0.311 e. The zero-order chi connectivity index (χ0) is 77.8. The van der Waals surface area contributed by atoms with Gasteiger partial charge in [0.15, 0.2) is 0 Å². The quantitative estimate of drug-likeness (QED) is 0.141. The summed E-state index contributed by atoms with van der Waals surface area (Å²) < 4.78 is 381. The van der Waals surface area contributed by atoms with E-state index in [2.05, 4.69) is 0 Å². The van der Waals surface area contributed by atoms with Crippen molar-refractivity contribution in [2.75, 3.05) is 4.90 Å². The molecule has 0 aliphatic heterocycles. The Kier molecular flexibility index (Phi) is 3.48. The molecule has 0 spiro atoms. The van der Waals surface area contributed by atoms with E-state index in [-0.39, 0.29) is 4.90 Å². The second kappa shape index (κ2) is 16.1. The van der Waals surface area contributed by atoms with Crippen molar-refractivity contribution in [1.29, 1.82) is 0 Å². The Morgan fingerprint density at radius 3 is 1.24 bits per heavy atom. The Bertz CT molecular complexity index is 5660. The summed E-state index contributed by atoms with van der Waals surface area (Å²) in [5.74, 6) is 0. The van der Waals surface area contributed by atoms with Gasteiger partial charge in [-0.15, -0.1) is 0 Å². The molecule has 0 saturated heterocycles. The Hall–Kier alpha value is -8.20. The molecule has 11 aromatic rings. The highest BCUT2D eigenvalue weighted by Crippen LogP contribution is 2.41. The molecule has 11 rings (SSSR count). The summed E-state index contributed by atoms with van der Waals surface area (Å²) in [6.45, 7) is 0. The summed E-state index contributed by atoms with van der Waals surface area (Å²) in [5.41, 5.74) is -16.7. The number of anilines is 3. The van der Waals surface area contributed by atoms with E-state index in [1.807, 2.05) is 0 Å². The second-order valence-electron chi connectivity index (χ2n) is 12.5. The lowest BCUT2D eigenvalue weighted by Crippen LogP contribution is -2.09. The fourth-order valence-electron chi connectivity index (χ4n) is 6.20. The van der Waals surface area contributed by atoms with E-state index in [0.29, 0.717) is 4.57 Å². The van der Waals surface area contributed by atoms with Crippen LogP contribution in [0.3, 0.4) is 0 Å². The van der Waals surface area contributed by atoms with Crippen LogP contribution in [0.4, 0.5) is 17.1 Å². The van der Waals surface area contributed by atoms with Gasteiger partial charge in [0.25, 0.3) is 0 Å². The van der Waals surface area contributed by atoms with Crippen LogP contribution in [0.1, 0.15) is 57.6 Å². The maximum atomic E-state index is 9.98. The number of nitrogens with zero attached hydrogens (tertiary/aromatic N) is 2. The summed E-state index contributed by atoms with van der Waals surface area (Å²) in [6, 6.07) is -49.1. The van der Waals surface area contributed by atoms with Crippen molar-refractivity contribution in [3.63, 3.8) is 0 Å². The van der Waals surface area contributed by atoms with E-state index in [1.165, 1.54) is 0 Å². The highest BCUT2D eigenvalue weighted by Gasteiger charge is 2.18. The van der Waals surface area contributed by atoms with Crippen molar-refractivity contribution in [2.45, 2.75) is 0 Å². The Morgan fingerprint density at radius 2 is 0.661 bits per heavy atom. The third-order valence-electron chi connectivity index (χ3n) is 8.93. The van der Waals surface area contributed by atoms with Crippen LogP contribution in [0.2, 0.25) is 0 Å². The van der Waals surface area contributed by atoms with Crippen LogP contribution in [0.15, 0.2) is 254 Å². The van der Waals surface area contributed by atoms with Crippen LogP contribution >= 0.6 is 0 Å². The van der Waals surface area contributed by atoms with Crippen LogP contribution in [-0.4, -0.2) is 4.57 Å². The first-order valence-corrected chi connectivity index (χ1v) is 17.8. The summed E-state index contributed by atoms with van der Waals surface area (Å²) in [4.78, 5) is 0.159. The third kappa shape index (κ3) is 6.94. The molecule has 0 radical (unpaired) electrons. The van der Waals surface area contributed by atoms with Crippen molar-refractivity contribution < 1.29 is 57.6 Å². The zero-order valence-corrected chi connectivity index (χ0v) is 30.9. The molecule has 0 N–H and O–H groups in total. The minimum atomic E-state index is -1.48. The molecule has 2 heteroatoms. The molecule has 0 fully saturated rings. The zero-order valence-electron chi connectivity index (χ0n) is 72.9. The Morgan fingerprint density at radius 1 is 0.274 bits per heavy atom. The third-order valence-corrected chi connectivity index (χ3v) is 8.93. The average Bonchev–Trinajstić information content (AvgIpc) is 1.42. The first-order valence-electron chi connectivity index (χ1n) is 38.8. The first kappa shape index (κ1) is 13.4. The molecule has 0 atom stereocenters. The van der Waals surface area contributed by atoms with E-state index in [9.17, 15) is 27.4 Å². The highest BCUT2D eigenvalue weighted by molar-refractivity contribution is 6.11. The topological polar surface area (TPSA) is 8.17 Å². The van der Waals surface area contributed by atoms with Gasteiger partial charge in [-0.3, -0.25) is 0 Å². The number of hydrogen-bond donors (Lipinski definition) is 0. The van der Waals surface area contributed by atoms with Gasteiger partial charge >= 0.3 is 0 Å². The summed E-state index contributed by atoms with van der Waals surface area (Å²) >= 11 is 0. The van der Waals surface area contributed by atoms with E-state index in [1.54, 1.807) is 0 Å². The smallest absolute Gasteiger partial charge is 0.0645 e. The van der Waals surface area contributed by atoms with Gasteiger partial charge in [0, 0.05) is 33.4 Å². The van der Waals surface area contributed by atoms with Crippen molar-refractivity contribution in [3.8, 4) is 61.3 Å². The fourth-order valence-corrected chi connectivity index (χ4v) is 6.20. The van der Waals surface area contributed by atoms with Crippen molar-refractivity contribution in [3.05, 3.63) is 254 Å². The maximum absolute atomic E-state index is 9.98. The molecule has 0 saturated carbocycles. The van der Waals surface area contributed by atoms with Crippen LogP contribution in [0, 0.1) is 0 Å². The minimum absolute atomic E-state index is 0.159. The maximum Gasteiger partial charge on any atom is 0.0645 e. The van der Waals surface area contributed by atoms with E-state index in [4.69, 9.17) is 30.2 Å². The highest BCUT2D eigenvalue weighted by atomic mass is 15.1. The average molecular weight is 833 g/mol. The number of para-hydroxylation sites is 2. The molecule has 1 aromatic heterocycles. The lowest BCUT2D eigenvalue weighted by Gasteiger charge is -2.26. The minimum Gasteiger partial charge on any atom is -0.311 e. The van der Waals surface area contributed by atoms with E-state index >= 15 is 0 Å². The first-order chi connectivity index (χ1) is 48.2. The van der Waals surface area contributed by atoms with Gasteiger partial charge < -0.3 is 9.47 Å². The van der Waals surface area contributed by atoms with E-state index < -0.39 is 354 Å². The number of aromatic nitrogens is 1. The van der Waals surface area contributed by atoms with Crippen molar-refractivity contribution >= 4 is 38.9 Å². The van der Waals surface area contributed by atoms with Crippen LogP contribution in [0.5, 0.6) is 0 Å². The number of rotatable bonds is 9. The molecule has 0 aliphatic rings. The molecule has 0 amide bonds. The molecular weight excluding hydrogens is 749 g/mol. The molecule has 1 heterocycles. The fraction of sp³-hybridized carbons (Fsp3) is 0. The van der Waals surface area contributed by atoms with Crippen LogP contribution < -0.4 is 4.90 Å². The van der Waals surface area contributed by atoms with Gasteiger partial charge in [0.2, 0.25) is 0 Å². The molecule has 292 valence electrons. The predicted octanol–water partition coefficient (Wildman–Crippen LogP) is 16.6. The van der Waals surface area contributed by atoms with Crippen LogP contribution in [0.25, 0.3) is 83.1 Å². The van der Waals surface area contributed by atoms with Gasteiger partial charge in [-0.25, -0.2) is 0 Å². The molecule has 0 bridgehead atoms. The molecule has 62 heavy (non-hydrogen) atoms. The second-order valence-corrected chi connectivity index (χ2v) is 12.5. The monoisotopic (exact) mass is 833 g/mol. The standard InChI is InChI=1S/C60H42N2/c1-4-15-43(16-5-1)45-27-34-52(35-28-45)61(53-36-29-46(30-37-53)50-22-14-21-49(41-50)44-17-6-2-7-18-44)54-38-31-47(32-39-54)51-33-40-60-57(42-51)56-24-11-13-26-59(56)62(60)58-25-12-10-23-55(58)48-19-8-3-9-20-48/h1-42H/i1D,2D,3D,4D,5D,6D,7D,8D,9D,10D,11D,12D,13D,14D,15D,16D,17D,18D,19D,20D,21D,22D,23D,24D,25D,26D,27D,28D,29D,30D,31D,32D,33D,34D,35D,36D,37D,38D,39D,40D,41D,42D. The van der Waals surface area contributed by atoms with Gasteiger partial charge in [0.05, 0.1) is 74.3 Å². The summed E-state index contributed by atoms with van der Waals surface area (Å²) in [6.07, 6.45) is 0. The summed E-state index contributed by atoms with van der Waals surface area (Å²) in [7, 11) is 0. The van der Waals surface area contributed by atoms with E-state index in [0.717, 1.165) is 0 Å². The molecule has 0 unspecified atom stereocenters. The number of hydrogen-bond acceptors (Lipinski definition) is 1. The number of benzene rings is 10. The lowest BCUT2D eigenvalue weighted by molar-refractivity contribution is 1.18. The Labute approximate surface area is 421 Å².